The summed E-state index contributed by atoms with van der Waals surface area (Å²) >= 11 is 0. The molecule has 0 saturated carbocycles. The fourth-order valence-electron chi connectivity index (χ4n) is 3.60. The minimum atomic E-state index is -0.704. The number of nitrogens with zero attached hydrogens (tertiary/aromatic N) is 1. The largest absolute Gasteiger partial charge is 0.507 e. The molecule has 0 aliphatic carbocycles. The van der Waals surface area contributed by atoms with Gasteiger partial charge in [-0.3, -0.25) is 9.59 Å². The molecule has 0 unspecified atom stereocenters. The molecule has 1 aliphatic rings. The highest BCUT2D eigenvalue weighted by Gasteiger charge is 2.45. The van der Waals surface area contributed by atoms with Crippen molar-refractivity contribution in [3.05, 3.63) is 83.4 Å². The lowest BCUT2D eigenvalue weighted by Crippen LogP contribution is -2.32. The Hall–Kier alpha value is -3.38. The lowest BCUT2D eigenvalue weighted by atomic mass is 9.94. The number of hydrogen-bond acceptors (Lipinski definition) is 5. The molecule has 0 aromatic heterocycles. The Morgan fingerprint density at radius 1 is 1.13 bits per heavy atom. The SMILES string of the molecule is C=CCOc1ccc(C(O)=C2C(=O)C(=O)N(CCOC)[C@H]2c2ccc(CC)cc2)cc1. The number of aryl methyl sites for hydroxylation is 1. The number of amides is 1. The average Bonchev–Trinajstić information content (AvgIpc) is 3.06. The quantitative estimate of drug-likeness (QED) is 0.288. The zero-order chi connectivity index (χ0) is 22.4. The summed E-state index contributed by atoms with van der Waals surface area (Å²) in [6.45, 7) is 6.56. The molecule has 1 saturated heterocycles. The molecule has 3 rings (SSSR count). The third kappa shape index (κ3) is 4.70. The summed E-state index contributed by atoms with van der Waals surface area (Å²) in [5.74, 6) is -0.943. The molecule has 1 atom stereocenters. The Kier molecular flexibility index (Phi) is 7.26. The Labute approximate surface area is 182 Å². The number of carbonyl (C=O) groups is 2. The molecule has 2 aromatic rings. The van der Waals surface area contributed by atoms with E-state index in [1.807, 2.05) is 24.3 Å². The van der Waals surface area contributed by atoms with Crippen molar-refractivity contribution in [2.75, 3.05) is 26.9 Å². The van der Waals surface area contributed by atoms with Gasteiger partial charge >= 0.3 is 0 Å². The Balaban J connectivity index is 2.05. The van der Waals surface area contributed by atoms with Gasteiger partial charge in [0.15, 0.2) is 0 Å². The van der Waals surface area contributed by atoms with E-state index in [1.54, 1.807) is 30.3 Å². The zero-order valence-corrected chi connectivity index (χ0v) is 17.8. The topological polar surface area (TPSA) is 76.1 Å². The van der Waals surface area contributed by atoms with Gasteiger partial charge in [-0.15, -0.1) is 0 Å². The van der Waals surface area contributed by atoms with Crippen molar-refractivity contribution in [2.24, 2.45) is 0 Å². The number of aliphatic hydroxyl groups is 1. The van der Waals surface area contributed by atoms with Crippen LogP contribution < -0.4 is 4.74 Å². The third-order valence-corrected chi connectivity index (χ3v) is 5.28. The molecule has 6 heteroatoms. The number of carbonyl (C=O) groups excluding carboxylic acids is 2. The molecular weight excluding hydrogens is 394 g/mol. The maximum absolute atomic E-state index is 12.9. The van der Waals surface area contributed by atoms with Crippen molar-refractivity contribution in [1.29, 1.82) is 0 Å². The van der Waals surface area contributed by atoms with Crippen LogP contribution in [-0.4, -0.2) is 48.6 Å². The van der Waals surface area contributed by atoms with E-state index in [1.165, 1.54) is 12.0 Å². The molecule has 0 spiro atoms. The average molecular weight is 421 g/mol. The van der Waals surface area contributed by atoms with Crippen LogP contribution in [0.1, 0.15) is 29.7 Å². The van der Waals surface area contributed by atoms with Crippen LogP contribution in [0.3, 0.4) is 0 Å². The van der Waals surface area contributed by atoms with Crippen molar-refractivity contribution in [3.63, 3.8) is 0 Å². The monoisotopic (exact) mass is 421 g/mol. The van der Waals surface area contributed by atoms with E-state index in [9.17, 15) is 14.7 Å². The smallest absolute Gasteiger partial charge is 0.295 e. The molecule has 6 nitrogen and oxygen atoms in total. The molecule has 1 amide bonds. The highest BCUT2D eigenvalue weighted by Crippen LogP contribution is 2.39. The van der Waals surface area contributed by atoms with E-state index >= 15 is 0 Å². The number of hydrogen-bond donors (Lipinski definition) is 1. The number of ether oxygens (including phenoxy) is 2. The van der Waals surface area contributed by atoms with Crippen LogP contribution in [0.15, 0.2) is 66.8 Å². The maximum atomic E-state index is 12.9. The van der Waals surface area contributed by atoms with E-state index in [4.69, 9.17) is 9.47 Å². The van der Waals surface area contributed by atoms with Gasteiger partial charge in [-0.05, 0) is 41.8 Å². The minimum absolute atomic E-state index is 0.0742. The standard InChI is InChI=1S/C25H27NO5/c1-4-15-31-20-12-10-19(11-13-20)23(27)21-22(18-8-6-17(5-2)7-9-18)26(14-16-30-3)25(29)24(21)28/h4,6-13,22,27H,1,5,14-16H2,2-3H3/t22-/m0/s1. The van der Waals surface area contributed by atoms with Gasteiger partial charge in [0.2, 0.25) is 0 Å². The maximum Gasteiger partial charge on any atom is 0.295 e. The first-order chi connectivity index (χ1) is 15.0. The molecule has 1 aliphatic heterocycles. The first-order valence-electron chi connectivity index (χ1n) is 10.2. The molecule has 1 heterocycles. The van der Waals surface area contributed by atoms with Gasteiger partial charge in [0, 0.05) is 19.2 Å². The molecule has 2 aromatic carbocycles. The number of ketones is 1. The first-order valence-corrected chi connectivity index (χ1v) is 10.2. The van der Waals surface area contributed by atoms with Gasteiger partial charge in [-0.1, -0.05) is 43.8 Å². The van der Waals surface area contributed by atoms with E-state index < -0.39 is 17.7 Å². The number of rotatable bonds is 9. The molecule has 1 N–H and O–H groups in total. The first kappa shape index (κ1) is 22.3. The van der Waals surface area contributed by atoms with E-state index in [0.29, 0.717) is 17.9 Å². The summed E-state index contributed by atoms with van der Waals surface area (Å²) in [5.41, 5.74) is 2.42. The fraction of sp³-hybridized carbons (Fsp3) is 0.280. The molecule has 0 radical (unpaired) electrons. The van der Waals surface area contributed by atoms with Gasteiger partial charge in [0.25, 0.3) is 11.7 Å². The van der Waals surface area contributed by atoms with Gasteiger partial charge in [0.1, 0.15) is 18.1 Å². The van der Waals surface area contributed by atoms with Crippen LogP contribution in [0.4, 0.5) is 0 Å². The van der Waals surface area contributed by atoms with Crippen LogP contribution in [-0.2, 0) is 20.7 Å². The van der Waals surface area contributed by atoms with Gasteiger partial charge < -0.3 is 19.5 Å². The number of aliphatic hydroxyl groups excluding tert-OH is 1. The van der Waals surface area contributed by atoms with Crippen LogP contribution in [0.2, 0.25) is 0 Å². The second-order valence-corrected chi connectivity index (χ2v) is 7.20. The molecule has 31 heavy (non-hydrogen) atoms. The number of methoxy groups -OCH3 is 1. The van der Waals surface area contributed by atoms with Gasteiger partial charge in [-0.2, -0.15) is 0 Å². The predicted molar refractivity (Wildman–Crippen MR) is 119 cm³/mol. The van der Waals surface area contributed by atoms with Gasteiger partial charge in [-0.25, -0.2) is 0 Å². The fourth-order valence-corrected chi connectivity index (χ4v) is 3.60. The van der Waals surface area contributed by atoms with E-state index in [-0.39, 0.29) is 24.5 Å². The minimum Gasteiger partial charge on any atom is -0.507 e. The Bertz CT molecular complexity index is 976. The van der Waals surface area contributed by atoms with Crippen LogP contribution >= 0.6 is 0 Å². The lowest BCUT2D eigenvalue weighted by Gasteiger charge is -2.25. The summed E-state index contributed by atoms with van der Waals surface area (Å²) in [6.07, 6.45) is 2.52. The molecular formula is C25H27NO5. The predicted octanol–water partition coefficient (Wildman–Crippen LogP) is 3.88. The second-order valence-electron chi connectivity index (χ2n) is 7.20. The Morgan fingerprint density at radius 2 is 1.81 bits per heavy atom. The number of likely N-dealkylation sites (tertiary alicyclic amines) is 1. The van der Waals surface area contributed by atoms with Crippen molar-refractivity contribution < 1.29 is 24.2 Å². The van der Waals surface area contributed by atoms with Crippen LogP contribution in [0.5, 0.6) is 5.75 Å². The summed E-state index contributed by atoms with van der Waals surface area (Å²) < 4.78 is 10.6. The number of Topliss-reactive ketones (excluding diaryl/α,β-unsaturated/α-hetero) is 1. The summed E-state index contributed by atoms with van der Waals surface area (Å²) in [4.78, 5) is 27.2. The van der Waals surface area contributed by atoms with Crippen molar-refractivity contribution in [1.82, 2.24) is 4.90 Å². The molecule has 162 valence electrons. The summed E-state index contributed by atoms with van der Waals surface area (Å²) in [6, 6.07) is 13.8. The van der Waals surface area contributed by atoms with Crippen LogP contribution in [0, 0.1) is 0 Å². The number of benzene rings is 2. The summed E-state index contributed by atoms with van der Waals surface area (Å²) in [5, 5.41) is 11.0. The highest BCUT2D eigenvalue weighted by atomic mass is 16.5. The molecule has 1 fully saturated rings. The van der Waals surface area contributed by atoms with Crippen molar-refractivity contribution >= 4 is 17.4 Å². The second kappa shape index (κ2) is 10.1. The van der Waals surface area contributed by atoms with Crippen LogP contribution in [0.25, 0.3) is 5.76 Å². The van der Waals surface area contributed by atoms with Crippen molar-refractivity contribution in [3.8, 4) is 5.75 Å². The third-order valence-electron chi connectivity index (χ3n) is 5.28. The Morgan fingerprint density at radius 3 is 2.39 bits per heavy atom. The molecule has 0 bridgehead atoms. The normalized spacial score (nSPS) is 17.7. The highest BCUT2D eigenvalue weighted by molar-refractivity contribution is 6.46. The van der Waals surface area contributed by atoms with Gasteiger partial charge in [0.05, 0.1) is 18.2 Å². The van der Waals surface area contributed by atoms with Crippen molar-refractivity contribution in [2.45, 2.75) is 19.4 Å². The zero-order valence-electron chi connectivity index (χ0n) is 17.8. The summed E-state index contributed by atoms with van der Waals surface area (Å²) in [7, 11) is 1.54. The lowest BCUT2D eigenvalue weighted by molar-refractivity contribution is -0.140. The van der Waals surface area contributed by atoms with E-state index in [2.05, 4.69) is 13.5 Å². The van der Waals surface area contributed by atoms with E-state index in [0.717, 1.165) is 17.5 Å².